The smallest absolute Gasteiger partial charge is 0.325 e. The molecule has 0 amide bonds. The number of rotatable bonds is 7. The van der Waals surface area contributed by atoms with Gasteiger partial charge >= 0.3 is 5.69 Å². The van der Waals surface area contributed by atoms with E-state index in [9.17, 15) is 27.9 Å². The van der Waals surface area contributed by atoms with E-state index in [0.29, 0.717) is 16.7 Å². The number of hydrogen-bond acceptors (Lipinski definition) is 7. The summed E-state index contributed by atoms with van der Waals surface area (Å²) in [5.74, 6) is -1.21. The highest BCUT2D eigenvalue weighted by molar-refractivity contribution is 7.92. The minimum Gasteiger partial charge on any atom is -0.548 e. The van der Waals surface area contributed by atoms with Gasteiger partial charge in [0, 0.05) is 5.69 Å². The van der Waals surface area contributed by atoms with Gasteiger partial charge in [0.05, 0.1) is 24.8 Å². The van der Waals surface area contributed by atoms with Gasteiger partial charge in [-0.05, 0) is 38.1 Å². The number of carboxylic acids is 1. The molecule has 0 saturated heterocycles. The molecule has 0 aliphatic rings. The van der Waals surface area contributed by atoms with Crippen molar-refractivity contribution in [2.45, 2.75) is 18.7 Å². The van der Waals surface area contributed by atoms with E-state index in [-0.39, 0.29) is 11.4 Å². The number of aromatic amines is 2. The molecule has 2 aromatic rings. The Morgan fingerprint density at radius 3 is 2.31 bits per heavy atom. The van der Waals surface area contributed by atoms with Gasteiger partial charge in [0.2, 0.25) is 0 Å². The summed E-state index contributed by atoms with van der Waals surface area (Å²) >= 11 is 0. The summed E-state index contributed by atoms with van der Waals surface area (Å²) in [7, 11) is -4.59. The lowest BCUT2D eigenvalue weighted by Crippen LogP contribution is -2.44. The molecule has 1 aromatic heterocycles. The summed E-state index contributed by atoms with van der Waals surface area (Å²) in [6, 6.07) is 5.59. The predicted octanol–water partition coefficient (Wildman–Crippen LogP) is -1.28. The second-order valence-electron chi connectivity index (χ2n) is 5.17. The molecule has 2 rings (SSSR count). The number of benzene rings is 1. The quantitative estimate of drug-likeness (QED) is 0.604. The largest absolute Gasteiger partial charge is 0.548 e. The molecule has 0 saturated carbocycles. The first-order chi connectivity index (χ1) is 12.2. The van der Waals surface area contributed by atoms with Crippen LogP contribution in [0.3, 0.4) is 0 Å². The van der Waals surface area contributed by atoms with Crippen molar-refractivity contribution < 1.29 is 23.1 Å². The minimum atomic E-state index is -4.59. The second kappa shape index (κ2) is 7.44. The number of ether oxygens (including phenoxy) is 1. The lowest BCUT2D eigenvalue weighted by atomic mass is 10.3. The Bertz CT molecular complexity index is 1020. The topological polar surface area (TPSA) is 152 Å². The molecule has 0 bridgehead atoms. The molecule has 10 nitrogen and oxygen atoms in total. The van der Waals surface area contributed by atoms with E-state index in [1.807, 2.05) is 4.98 Å². The van der Waals surface area contributed by atoms with E-state index >= 15 is 0 Å². The van der Waals surface area contributed by atoms with Crippen LogP contribution in [0, 0.1) is 6.92 Å². The van der Waals surface area contributed by atoms with E-state index in [1.165, 1.54) is 31.2 Å². The third kappa shape index (κ3) is 3.94. The number of carboxylic acid groups (broad SMARTS) is 1. The number of aryl methyl sites for hydroxylation is 1. The summed E-state index contributed by atoms with van der Waals surface area (Å²) in [4.78, 5) is 37.6. The Balaban J connectivity index is 2.61. The van der Waals surface area contributed by atoms with E-state index < -0.39 is 38.7 Å². The van der Waals surface area contributed by atoms with E-state index in [0.717, 1.165) is 0 Å². The fourth-order valence-corrected chi connectivity index (χ4v) is 3.94. The Morgan fingerprint density at radius 1 is 1.19 bits per heavy atom. The standard InChI is InChI=1S/C15H17N3O7S/c1-3-25-11-6-4-10(5-7-11)18(8-12(19)20)26(23,24)13-9(2)16-15(22)17-14(13)21/h4-7H,3,8H2,1-2H3,(H,19,20)(H2,16,17,21,22)/p-1. The van der Waals surface area contributed by atoms with Crippen molar-refractivity contribution in [1.29, 1.82) is 0 Å². The number of nitrogens with one attached hydrogen (secondary N) is 2. The highest BCUT2D eigenvalue weighted by Gasteiger charge is 2.30. The van der Waals surface area contributed by atoms with Crippen LogP contribution in [0.2, 0.25) is 0 Å². The van der Waals surface area contributed by atoms with Crippen LogP contribution in [0.15, 0.2) is 38.8 Å². The normalized spacial score (nSPS) is 11.2. The second-order valence-corrected chi connectivity index (χ2v) is 6.97. The van der Waals surface area contributed by atoms with Crippen molar-refractivity contribution in [3.63, 3.8) is 0 Å². The van der Waals surface area contributed by atoms with Crippen molar-refractivity contribution in [3.8, 4) is 5.75 Å². The fraction of sp³-hybridized carbons (Fsp3) is 0.267. The first kappa shape index (κ1) is 19.2. The van der Waals surface area contributed by atoms with Crippen LogP contribution in [0.1, 0.15) is 12.6 Å². The van der Waals surface area contributed by atoms with Gasteiger partial charge in [-0.1, -0.05) is 0 Å². The molecule has 0 aliphatic heterocycles. The minimum absolute atomic E-state index is 0.0114. The monoisotopic (exact) mass is 382 g/mol. The highest BCUT2D eigenvalue weighted by Crippen LogP contribution is 2.25. The van der Waals surface area contributed by atoms with Gasteiger partial charge in [0.15, 0.2) is 4.90 Å². The average molecular weight is 382 g/mol. The maximum Gasteiger partial charge on any atom is 0.325 e. The Kier molecular flexibility index (Phi) is 5.50. The molecule has 2 N–H and O–H groups in total. The molecular weight excluding hydrogens is 366 g/mol. The third-order valence-corrected chi connectivity index (χ3v) is 5.26. The van der Waals surface area contributed by atoms with Crippen molar-refractivity contribution in [2.75, 3.05) is 17.5 Å². The maximum atomic E-state index is 12.9. The number of carbonyl (C=O) groups excluding carboxylic acids is 1. The first-order valence-electron chi connectivity index (χ1n) is 7.45. The first-order valence-corrected chi connectivity index (χ1v) is 8.89. The van der Waals surface area contributed by atoms with Crippen LogP contribution in [0.25, 0.3) is 0 Å². The number of aliphatic carboxylic acids is 1. The zero-order valence-electron chi connectivity index (χ0n) is 13.9. The summed E-state index contributed by atoms with van der Waals surface area (Å²) in [6.45, 7) is 2.37. The third-order valence-electron chi connectivity index (χ3n) is 3.33. The van der Waals surface area contributed by atoms with Crippen molar-refractivity contribution in [3.05, 3.63) is 50.8 Å². The van der Waals surface area contributed by atoms with E-state index in [1.54, 1.807) is 6.92 Å². The molecule has 11 heteroatoms. The van der Waals surface area contributed by atoms with Gasteiger partial charge in [0.25, 0.3) is 15.6 Å². The molecule has 0 atom stereocenters. The maximum absolute atomic E-state index is 12.9. The highest BCUT2D eigenvalue weighted by atomic mass is 32.2. The summed E-state index contributed by atoms with van der Waals surface area (Å²) < 4.78 is 31.5. The Labute approximate surface area is 148 Å². The van der Waals surface area contributed by atoms with Gasteiger partial charge in [0.1, 0.15) is 5.75 Å². The van der Waals surface area contributed by atoms with Crippen molar-refractivity contribution in [1.82, 2.24) is 9.97 Å². The van der Waals surface area contributed by atoms with E-state index in [4.69, 9.17) is 4.74 Å². The van der Waals surface area contributed by atoms with Crippen LogP contribution in [0.5, 0.6) is 5.75 Å². The Morgan fingerprint density at radius 2 is 1.81 bits per heavy atom. The number of nitrogens with zero attached hydrogens (tertiary/aromatic N) is 1. The zero-order valence-corrected chi connectivity index (χ0v) is 14.8. The number of aromatic nitrogens is 2. The zero-order chi connectivity index (χ0) is 19.5. The summed E-state index contributed by atoms with van der Waals surface area (Å²) in [5, 5.41) is 11.1. The van der Waals surface area contributed by atoms with Crippen LogP contribution >= 0.6 is 0 Å². The van der Waals surface area contributed by atoms with Crippen LogP contribution in [-0.2, 0) is 14.8 Å². The number of hydrogen-bond donors (Lipinski definition) is 2. The van der Waals surface area contributed by atoms with Crippen molar-refractivity contribution in [2.24, 2.45) is 0 Å². The molecular formula is C15H16N3O7S-. The predicted molar refractivity (Wildman–Crippen MR) is 89.6 cm³/mol. The summed E-state index contributed by atoms with van der Waals surface area (Å²) in [5.41, 5.74) is -2.25. The molecule has 0 radical (unpaired) electrons. The van der Waals surface area contributed by atoms with Gasteiger partial charge in [-0.3, -0.25) is 14.1 Å². The van der Waals surface area contributed by atoms with Crippen LogP contribution < -0.4 is 25.4 Å². The average Bonchev–Trinajstić information content (AvgIpc) is 2.52. The molecule has 0 aliphatic carbocycles. The molecule has 1 heterocycles. The number of H-pyrrole nitrogens is 2. The van der Waals surface area contributed by atoms with E-state index in [2.05, 4.69) is 4.98 Å². The van der Waals surface area contributed by atoms with Gasteiger partial charge in [-0.2, -0.15) is 0 Å². The summed E-state index contributed by atoms with van der Waals surface area (Å²) in [6.07, 6.45) is 0. The van der Waals surface area contributed by atoms with Gasteiger partial charge < -0.3 is 19.6 Å². The van der Waals surface area contributed by atoms with Crippen LogP contribution in [0.4, 0.5) is 5.69 Å². The lowest BCUT2D eigenvalue weighted by molar-refractivity contribution is -0.303. The molecule has 0 unspecified atom stereocenters. The van der Waals surface area contributed by atoms with Crippen LogP contribution in [-0.4, -0.2) is 37.5 Å². The number of anilines is 1. The number of carbonyl (C=O) groups is 1. The molecule has 26 heavy (non-hydrogen) atoms. The molecule has 0 fully saturated rings. The Hall–Kier alpha value is -3.08. The van der Waals surface area contributed by atoms with Gasteiger partial charge in [-0.25, -0.2) is 13.2 Å². The molecule has 0 spiro atoms. The van der Waals surface area contributed by atoms with Gasteiger partial charge in [-0.15, -0.1) is 0 Å². The molecule has 1 aromatic carbocycles. The lowest BCUT2D eigenvalue weighted by Gasteiger charge is -2.25. The van der Waals surface area contributed by atoms with Crippen molar-refractivity contribution >= 4 is 21.7 Å². The fourth-order valence-electron chi connectivity index (χ4n) is 2.32. The molecule has 140 valence electrons. The SMILES string of the molecule is CCOc1ccc(N(CC(=O)[O-])S(=O)(=O)c2c(C)[nH]c(=O)[nH]c2=O)cc1. The number of sulfonamides is 1.